The van der Waals surface area contributed by atoms with Crippen LogP contribution in [-0.2, 0) is 18.3 Å². The number of aromatic carboxylic acids is 1. The molecule has 2 aliphatic carbocycles. The smallest absolute Gasteiger partial charge is 0.356 e. The molecule has 0 amide bonds. The van der Waals surface area contributed by atoms with Crippen molar-refractivity contribution in [3.8, 4) is 29.3 Å². The van der Waals surface area contributed by atoms with E-state index in [0.29, 0.717) is 33.8 Å². The maximum Gasteiger partial charge on any atom is 0.356 e. The van der Waals surface area contributed by atoms with Gasteiger partial charge in [0.25, 0.3) is 0 Å². The van der Waals surface area contributed by atoms with Crippen LogP contribution in [0.5, 0.6) is 5.88 Å². The Bertz CT molecular complexity index is 1770. The zero-order valence-corrected chi connectivity index (χ0v) is 24.9. The third-order valence-corrected chi connectivity index (χ3v) is 10.3. The highest BCUT2D eigenvalue weighted by Crippen LogP contribution is 2.55. The molecule has 1 saturated heterocycles. The Morgan fingerprint density at radius 1 is 1.30 bits per heavy atom. The Labute approximate surface area is 252 Å². The van der Waals surface area contributed by atoms with E-state index in [4.69, 9.17) is 25.0 Å². The summed E-state index contributed by atoms with van der Waals surface area (Å²) in [5, 5.41) is 28.8. The Kier molecular flexibility index (Phi) is 6.70. The molecule has 1 fully saturated rings. The fraction of sp³-hybridized carbons (Fsp3) is 0.467. The van der Waals surface area contributed by atoms with Gasteiger partial charge >= 0.3 is 5.97 Å². The van der Waals surface area contributed by atoms with Gasteiger partial charge in [0, 0.05) is 28.7 Å². The lowest BCUT2D eigenvalue weighted by atomic mass is 9.63. The highest BCUT2D eigenvalue weighted by Gasteiger charge is 2.48. The number of ether oxygens (including phenoxy) is 1. The number of aromatic nitrogens is 5. The van der Waals surface area contributed by atoms with Crippen molar-refractivity contribution in [3.63, 3.8) is 0 Å². The molecule has 222 valence electrons. The Morgan fingerprint density at radius 3 is 2.84 bits per heavy atom. The van der Waals surface area contributed by atoms with E-state index in [0.717, 1.165) is 79.7 Å². The van der Waals surface area contributed by atoms with Gasteiger partial charge in [-0.05, 0) is 83.5 Å². The lowest BCUT2D eigenvalue weighted by Gasteiger charge is -2.39. The topological polar surface area (TPSA) is 169 Å². The third kappa shape index (κ3) is 4.47. The number of nitriles is 1. The molecule has 0 unspecified atom stereocenters. The number of fused-ring (bicyclic) bond motifs is 4. The van der Waals surface area contributed by atoms with E-state index >= 15 is 0 Å². The number of hydrogen-bond acceptors (Lipinski definition) is 11. The van der Waals surface area contributed by atoms with Crippen LogP contribution in [0.2, 0.25) is 0 Å². The molecule has 3 atom stereocenters. The normalized spacial score (nSPS) is 22.2. The van der Waals surface area contributed by atoms with Crippen molar-refractivity contribution >= 4 is 22.3 Å². The number of likely N-dealkylation sites (N-methyl/N-ethyl adjacent to an activating group) is 1. The standard InChI is InChI=1S/C30H32N8O4S/c1-16(20-7-5-12-37(20)2)41-23-14-22(38-13-9-19(35-38)29(39)40)33-28(34-23)25-17-6-3-10-30(26(17)42-36-25)11-4-8-21-24(30)18(15-31)27(32)43-21/h9,13-14,16,20H,3-8,10-12,32H2,1-2H3,(H,39,40)/t16-,20-,30-/m0/s1. The minimum atomic E-state index is -1.13. The molecule has 1 aliphatic heterocycles. The molecule has 3 N–H and O–H groups in total. The number of nitrogens with two attached hydrogens (primary N) is 1. The summed E-state index contributed by atoms with van der Waals surface area (Å²) in [5.41, 5.74) is 8.74. The molecule has 0 aromatic carbocycles. The number of thiophene rings is 1. The highest BCUT2D eigenvalue weighted by molar-refractivity contribution is 7.16. The summed E-state index contributed by atoms with van der Waals surface area (Å²) in [7, 11) is 2.10. The predicted octanol–water partition coefficient (Wildman–Crippen LogP) is 4.35. The summed E-state index contributed by atoms with van der Waals surface area (Å²) >= 11 is 1.51. The van der Waals surface area contributed by atoms with E-state index in [9.17, 15) is 15.2 Å². The molecule has 13 heteroatoms. The molecular formula is C30H32N8O4S. The first kappa shape index (κ1) is 27.5. The Hall–Kier alpha value is -4.28. The van der Waals surface area contributed by atoms with Crippen LogP contribution in [0.25, 0.3) is 17.3 Å². The van der Waals surface area contributed by atoms with E-state index < -0.39 is 11.4 Å². The SMILES string of the molecule is C[C@H](Oc1cc(-n2ccc(C(=O)O)n2)nc(-c2noc3c2CCC[C@@]32CCCc3sc(N)c(C#N)c32)n1)[C@@H]1CCCN1C. The summed E-state index contributed by atoms with van der Waals surface area (Å²) in [5.74, 6) is 0.652. The van der Waals surface area contributed by atoms with Gasteiger partial charge in [0.1, 0.15) is 17.2 Å². The van der Waals surface area contributed by atoms with Crippen molar-refractivity contribution in [2.75, 3.05) is 19.3 Å². The third-order valence-electron chi connectivity index (χ3n) is 9.23. The van der Waals surface area contributed by atoms with Gasteiger partial charge in [-0.3, -0.25) is 4.90 Å². The van der Waals surface area contributed by atoms with Gasteiger partial charge < -0.3 is 20.1 Å². The number of rotatable bonds is 6. The van der Waals surface area contributed by atoms with Gasteiger partial charge in [0.05, 0.1) is 11.0 Å². The van der Waals surface area contributed by atoms with Crippen molar-refractivity contribution in [1.82, 2.24) is 29.8 Å². The minimum absolute atomic E-state index is 0.0965. The first-order chi connectivity index (χ1) is 20.8. The number of aryl methyl sites for hydroxylation is 1. The van der Waals surface area contributed by atoms with Gasteiger partial charge in [0.2, 0.25) is 5.88 Å². The van der Waals surface area contributed by atoms with Crippen molar-refractivity contribution in [1.29, 1.82) is 5.26 Å². The van der Waals surface area contributed by atoms with Crippen LogP contribution >= 0.6 is 11.3 Å². The molecule has 43 heavy (non-hydrogen) atoms. The lowest BCUT2D eigenvalue weighted by molar-refractivity contribution is 0.0690. The summed E-state index contributed by atoms with van der Waals surface area (Å²) < 4.78 is 14.0. The number of carbonyl (C=O) groups is 1. The molecule has 0 radical (unpaired) electrons. The maximum absolute atomic E-state index is 11.5. The van der Waals surface area contributed by atoms with E-state index in [1.807, 2.05) is 6.92 Å². The quantitative estimate of drug-likeness (QED) is 0.323. The number of likely N-dealkylation sites (tertiary alicyclic amines) is 1. The Balaban J connectivity index is 1.34. The maximum atomic E-state index is 11.5. The van der Waals surface area contributed by atoms with Gasteiger partial charge in [-0.25, -0.2) is 14.5 Å². The lowest BCUT2D eigenvalue weighted by Crippen LogP contribution is -2.38. The molecule has 0 saturated carbocycles. The number of hydrogen-bond donors (Lipinski definition) is 2. The van der Waals surface area contributed by atoms with Gasteiger partial charge in [0.15, 0.2) is 28.8 Å². The van der Waals surface area contributed by atoms with Gasteiger partial charge in [-0.1, -0.05) is 5.16 Å². The first-order valence-corrected chi connectivity index (χ1v) is 15.5. The molecule has 4 aromatic rings. The highest BCUT2D eigenvalue weighted by atomic mass is 32.1. The van der Waals surface area contributed by atoms with E-state index in [1.165, 1.54) is 22.1 Å². The van der Waals surface area contributed by atoms with Crippen LogP contribution in [0.1, 0.15) is 83.3 Å². The molecule has 3 aliphatic rings. The van der Waals surface area contributed by atoms with Crippen molar-refractivity contribution in [3.05, 3.63) is 51.4 Å². The second kappa shape index (κ2) is 10.5. The molecule has 0 bridgehead atoms. The fourth-order valence-corrected chi connectivity index (χ4v) is 8.44. The first-order valence-electron chi connectivity index (χ1n) is 14.7. The monoisotopic (exact) mass is 600 g/mol. The minimum Gasteiger partial charge on any atom is -0.476 e. The van der Waals surface area contributed by atoms with E-state index in [1.54, 1.807) is 12.3 Å². The van der Waals surface area contributed by atoms with E-state index in [2.05, 4.69) is 28.3 Å². The molecule has 4 aromatic heterocycles. The van der Waals surface area contributed by atoms with Crippen molar-refractivity contribution < 1.29 is 19.2 Å². The van der Waals surface area contributed by atoms with Crippen molar-refractivity contribution in [2.24, 2.45) is 0 Å². The van der Waals surface area contributed by atoms with Crippen LogP contribution in [0.15, 0.2) is 22.9 Å². The summed E-state index contributed by atoms with van der Waals surface area (Å²) in [6.07, 6.45) is 8.72. The van der Waals surface area contributed by atoms with Gasteiger partial charge in [-0.2, -0.15) is 15.3 Å². The number of nitrogen functional groups attached to an aromatic ring is 1. The second-order valence-corrected chi connectivity index (χ2v) is 12.9. The second-order valence-electron chi connectivity index (χ2n) is 11.7. The summed E-state index contributed by atoms with van der Waals surface area (Å²) in [6.45, 7) is 3.05. The van der Waals surface area contributed by atoms with Crippen molar-refractivity contribution in [2.45, 2.75) is 75.9 Å². The molecule has 5 heterocycles. The summed E-state index contributed by atoms with van der Waals surface area (Å²) in [4.78, 5) is 24.6. The van der Waals surface area contributed by atoms with Crippen LogP contribution in [0, 0.1) is 11.3 Å². The average Bonchev–Trinajstić information content (AvgIpc) is 3.78. The largest absolute Gasteiger partial charge is 0.476 e. The molecule has 7 rings (SSSR count). The molecule has 12 nitrogen and oxygen atoms in total. The zero-order chi connectivity index (χ0) is 29.9. The fourth-order valence-electron chi connectivity index (χ4n) is 7.28. The number of carboxylic acid groups (broad SMARTS) is 1. The zero-order valence-electron chi connectivity index (χ0n) is 24.0. The number of anilines is 1. The van der Waals surface area contributed by atoms with Gasteiger partial charge in [-0.15, -0.1) is 11.3 Å². The Morgan fingerprint density at radius 2 is 2.12 bits per heavy atom. The number of nitrogens with zero attached hydrogens (tertiary/aromatic N) is 7. The molecule has 1 spiro atoms. The van der Waals surface area contributed by atoms with Crippen LogP contribution < -0.4 is 10.5 Å². The van der Waals surface area contributed by atoms with Crippen LogP contribution in [0.3, 0.4) is 0 Å². The molecular weight excluding hydrogens is 568 g/mol. The average molecular weight is 601 g/mol. The van der Waals surface area contributed by atoms with Crippen LogP contribution in [-0.4, -0.2) is 66.6 Å². The number of carboxylic acids is 1. The van der Waals surface area contributed by atoms with E-state index in [-0.39, 0.29) is 17.8 Å². The predicted molar refractivity (Wildman–Crippen MR) is 157 cm³/mol. The van der Waals surface area contributed by atoms with Crippen LogP contribution in [0.4, 0.5) is 5.00 Å². The summed E-state index contributed by atoms with van der Waals surface area (Å²) in [6, 6.07) is 5.69.